The van der Waals surface area contributed by atoms with E-state index in [1.54, 1.807) is 0 Å². The van der Waals surface area contributed by atoms with Crippen molar-refractivity contribution in [3.05, 3.63) is 200 Å². The van der Waals surface area contributed by atoms with E-state index in [2.05, 4.69) is 193 Å². The van der Waals surface area contributed by atoms with Gasteiger partial charge in [-0.15, -0.1) is 0 Å². The van der Waals surface area contributed by atoms with E-state index in [4.69, 9.17) is 9.97 Å². The Kier molecular flexibility index (Phi) is 8.51. The molecule has 3 heteroatoms. The van der Waals surface area contributed by atoms with Crippen LogP contribution in [0.5, 0.6) is 0 Å². The SMILES string of the molecule is CCc1nc2ccccc2n1-c1ccccc1-c1cccc(-c2cccc(-c3ccc(-c4cc(-c5ccccc5)nc(-c5ccccc5)c4)cc3)c2)c1. The van der Waals surface area contributed by atoms with E-state index in [0.29, 0.717) is 0 Å². The second-order valence-corrected chi connectivity index (χ2v) is 13.3. The average Bonchev–Trinajstić information content (AvgIpc) is 3.63. The van der Waals surface area contributed by atoms with Crippen LogP contribution in [0.25, 0.3) is 83.7 Å². The second kappa shape index (κ2) is 14.1. The van der Waals surface area contributed by atoms with E-state index in [0.717, 1.165) is 62.6 Å². The van der Waals surface area contributed by atoms with Crippen LogP contribution in [-0.4, -0.2) is 14.5 Å². The van der Waals surface area contributed by atoms with Crippen molar-refractivity contribution in [2.45, 2.75) is 13.3 Å². The molecule has 9 rings (SSSR count). The summed E-state index contributed by atoms with van der Waals surface area (Å²) in [5, 5.41) is 0. The molecule has 252 valence electrons. The molecular formula is C50H37N3. The summed E-state index contributed by atoms with van der Waals surface area (Å²) in [6.45, 7) is 2.17. The zero-order chi connectivity index (χ0) is 35.6. The van der Waals surface area contributed by atoms with Crippen LogP contribution in [0.2, 0.25) is 0 Å². The van der Waals surface area contributed by atoms with Crippen molar-refractivity contribution >= 4 is 11.0 Å². The largest absolute Gasteiger partial charge is 0.296 e. The standard InChI is InChI=1S/C50H37N3/c1-2-50-52-45-24-10-12-26-49(45)53(50)48-25-11-9-23-44(48)42-22-14-21-41(32-42)40-20-13-19-39(31-40)35-27-29-36(30-28-35)43-33-46(37-15-5-3-6-16-37)51-47(34-43)38-17-7-4-8-18-38/h3-34H,2H2,1H3. The Morgan fingerprint density at radius 2 is 0.868 bits per heavy atom. The van der Waals surface area contributed by atoms with Gasteiger partial charge in [-0.1, -0.05) is 159 Å². The van der Waals surface area contributed by atoms with Crippen molar-refractivity contribution in [2.75, 3.05) is 0 Å². The Bertz CT molecular complexity index is 2630. The van der Waals surface area contributed by atoms with Gasteiger partial charge in [-0.3, -0.25) is 4.57 Å². The number of hydrogen-bond acceptors (Lipinski definition) is 2. The van der Waals surface area contributed by atoms with E-state index in [9.17, 15) is 0 Å². The average molecular weight is 680 g/mol. The summed E-state index contributed by atoms with van der Waals surface area (Å²) in [6, 6.07) is 68.9. The summed E-state index contributed by atoms with van der Waals surface area (Å²) in [7, 11) is 0. The van der Waals surface area contributed by atoms with Crippen LogP contribution in [-0.2, 0) is 6.42 Å². The Labute approximate surface area is 310 Å². The topological polar surface area (TPSA) is 30.7 Å². The van der Waals surface area contributed by atoms with Crippen LogP contribution in [0.15, 0.2) is 194 Å². The number of imidazole rings is 1. The fourth-order valence-corrected chi connectivity index (χ4v) is 7.31. The van der Waals surface area contributed by atoms with Crippen LogP contribution in [0.3, 0.4) is 0 Å². The molecule has 0 N–H and O–H groups in total. The van der Waals surface area contributed by atoms with E-state index in [1.807, 2.05) is 12.1 Å². The monoisotopic (exact) mass is 679 g/mol. The maximum absolute atomic E-state index is 5.06. The van der Waals surface area contributed by atoms with Crippen molar-refractivity contribution in [1.29, 1.82) is 0 Å². The van der Waals surface area contributed by atoms with Crippen LogP contribution < -0.4 is 0 Å². The molecule has 0 aliphatic heterocycles. The highest BCUT2D eigenvalue weighted by atomic mass is 15.1. The quantitative estimate of drug-likeness (QED) is 0.160. The van der Waals surface area contributed by atoms with Gasteiger partial charge in [0.25, 0.3) is 0 Å². The summed E-state index contributed by atoms with van der Waals surface area (Å²) >= 11 is 0. The number of para-hydroxylation sites is 3. The van der Waals surface area contributed by atoms with Crippen LogP contribution in [0.1, 0.15) is 12.7 Å². The number of aromatic nitrogens is 3. The second-order valence-electron chi connectivity index (χ2n) is 13.3. The number of rotatable bonds is 8. The highest BCUT2D eigenvalue weighted by molar-refractivity contribution is 5.85. The van der Waals surface area contributed by atoms with Gasteiger partial charge in [0.05, 0.1) is 28.1 Å². The lowest BCUT2D eigenvalue weighted by Gasteiger charge is -2.15. The van der Waals surface area contributed by atoms with Crippen molar-refractivity contribution in [3.8, 4) is 72.7 Å². The van der Waals surface area contributed by atoms with E-state index in [-0.39, 0.29) is 0 Å². The number of pyridine rings is 1. The van der Waals surface area contributed by atoms with Gasteiger partial charge in [0.15, 0.2) is 0 Å². The minimum Gasteiger partial charge on any atom is -0.296 e. The minimum atomic E-state index is 0.850. The van der Waals surface area contributed by atoms with Gasteiger partial charge in [-0.05, 0) is 81.4 Å². The van der Waals surface area contributed by atoms with Crippen molar-refractivity contribution < 1.29 is 0 Å². The third-order valence-electron chi connectivity index (χ3n) is 9.98. The molecule has 0 atom stereocenters. The zero-order valence-electron chi connectivity index (χ0n) is 29.5. The molecular weight excluding hydrogens is 643 g/mol. The van der Waals surface area contributed by atoms with E-state index in [1.165, 1.54) is 33.4 Å². The van der Waals surface area contributed by atoms with Crippen molar-refractivity contribution in [3.63, 3.8) is 0 Å². The fraction of sp³-hybridized carbons (Fsp3) is 0.0400. The Hall–Kier alpha value is -6.84. The van der Waals surface area contributed by atoms with Crippen LogP contribution in [0, 0.1) is 0 Å². The van der Waals surface area contributed by atoms with E-state index >= 15 is 0 Å². The first kappa shape index (κ1) is 32.1. The number of aryl methyl sites for hydroxylation is 1. The molecule has 0 aliphatic carbocycles. The summed E-state index contributed by atoms with van der Waals surface area (Å²) in [5.74, 6) is 1.06. The molecule has 7 aromatic carbocycles. The van der Waals surface area contributed by atoms with Gasteiger partial charge in [-0.2, -0.15) is 0 Å². The predicted octanol–water partition coefficient (Wildman–Crippen LogP) is 13.0. The number of benzene rings is 7. The highest BCUT2D eigenvalue weighted by Crippen LogP contribution is 2.36. The molecule has 9 aromatic rings. The van der Waals surface area contributed by atoms with Gasteiger partial charge in [0.1, 0.15) is 5.82 Å². The molecule has 2 aromatic heterocycles. The zero-order valence-corrected chi connectivity index (χ0v) is 29.5. The smallest absolute Gasteiger partial charge is 0.114 e. The molecule has 0 fully saturated rings. The minimum absolute atomic E-state index is 0.850. The summed E-state index contributed by atoms with van der Waals surface area (Å²) in [4.78, 5) is 10.0. The number of hydrogen-bond donors (Lipinski definition) is 0. The Morgan fingerprint density at radius 3 is 1.51 bits per heavy atom. The van der Waals surface area contributed by atoms with Crippen molar-refractivity contribution in [1.82, 2.24) is 14.5 Å². The van der Waals surface area contributed by atoms with Crippen LogP contribution >= 0.6 is 0 Å². The lowest BCUT2D eigenvalue weighted by atomic mass is 9.94. The molecule has 0 bridgehead atoms. The van der Waals surface area contributed by atoms with Gasteiger partial charge in [-0.25, -0.2) is 9.97 Å². The maximum Gasteiger partial charge on any atom is 0.114 e. The molecule has 0 saturated heterocycles. The predicted molar refractivity (Wildman–Crippen MR) is 221 cm³/mol. The number of nitrogens with zero attached hydrogens (tertiary/aromatic N) is 3. The van der Waals surface area contributed by atoms with Crippen molar-refractivity contribution in [2.24, 2.45) is 0 Å². The maximum atomic E-state index is 5.06. The third-order valence-corrected chi connectivity index (χ3v) is 9.98. The molecule has 0 aliphatic rings. The normalized spacial score (nSPS) is 11.2. The molecule has 3 nitrogen and oxygen atoms in total. The first-order valence-corrected chi connectivity index (χ1v) is 18.2. The molecule has 0 saturated carbocycles. The molecule has 53 heavy (non-hydrogen) atoms. The lowest BCUT2D eigenvalue weighted by molar-refractivity contribution is 0.909. The first-order valence-electron chi connectivity index (χ1n) is 18.2. The molecule has 0 spiro atoms. The molecule has 2 heterocycles. The fourth-order valence-electron chi connectivity index (χ4n) is 7.31. The lowest BCUT2D eigenvalue weighted by Crippen LogP contribution is -2.02. The number of fused-ring (bicyclic) bond motifs is 1. The van der Waals surface area contributed by atoms with Crippen LogP contribution in [0.4, 0.5) is 0 Å². The summed E-state index contributed by atoms with van der Waals surface area (Å²) < 4.78 is 2.32. The Balaban J connectivity index is 1.05. The van der Waals surface area contributed by atoms with Gasteiger partial charge < -0.3 is 0 Å². The third kappa shape index (κ3) is 6.34. The van der Waals surface area contributed by atoms with Gasteiger partial charge in [0, 0.05) is 23.1 Å². The highest BCUT2D eigenvalue weighted by Gasteiger charge is 2.16. The van der Waals surface area contributed by atoms with Gasteiger partial charge in [0.2, 0.25) is 0 Å². The first-order chi connectivity index (χ1) is 26.2. The summed E-state index contributed by atoms with van der Waals surface area (Å²) in [5.41, 5.74) is 16.8. The molecule has 0 radical (unpaired) electrons. The molecule has 0 unspecified atom stereocenters. The van der Waals surface area contributed by atoms with Gasteiger partial charge >= 0.3 is 0 Å². The Morgan fingerprint density at radius 1 is 0.377 bits per heavy atom. The summed E-state index contributed by atoms with van der Waals surface area (Å²) in [6.07, 6.45) is 0.850. The molecule has 0 amide bonds. The van der Waals surface area contributed by atoms with E-state index < -0.39 is 0 Å².